The first kappa shape index (κ1) is 24.1. The second-order valence-corrected chi connectivity index (χ2v) is 7.88. The fourth-order valence-electron chi connectivity index (χ4n) is 2.50. The van der Waals surface area contributed by atoms with Crippen molar-refractivity contribution in [1.82, 2.24) is 10.6 Å². The molecule has 8 heteroatoms. The van der Waals surface area contributed by atoms with Crippen LogP contribution in [0.1, 0.15) is 46.1 Å². The van der Waals surface area contributed by atoms with Crippen molar-refractivity contribution in [2.24, 2.45) is 5.92 Å². The summed E-state index contributed by atoms with van der Waals surface area (Å²) in [5.74, 6) is -3.73. The summed E-state index contributed by atoms with van der Waals surface area (Å²) in [7, 11) is 0. The Morgan fingerprint density at radius 3 is 2.24 bits per heavy atom. The van der Waals surface area contributed by atoms with Crippen molar-refractivity contribution < 1.29 is 29.0 Å². The molecule has 0 fully saturated rings. The van der Waals surface area contributed by atoms with Gasteiger partial charge in [0.15, 0.2) is 0 Å². The summed E-state index contributed by atoms with van der Waals surface area (Å²) in [6, 6.07) is 8.24. The van der Waals surface area contributed by atoms with Crippen LogP contribution in [0.25, 0.3) is 0 Å². The smallest absolute Gasteiger partial charge is 0.326 e. The van der Waals surface area contributed by atoms with Gasteiger partial charge >= 0.3 is 11.9 Å². The van der Waals surface area contributed by atoms with Gasteiger partial charge in [-0.1, -0.05) is 37.3 Å². The first-order valence-electron chi connectivity index (χ1n) is 9.53. The van der Waals surface area contributed by atoms with Crippen molar-refractivity contribution >= 4 is 23.8 Å². The van der Waals surface area contributed by atoms with Crippen LogP contribution in [0.3, 0.4) is 0 Å². The van der Waals surface area contributed by atoms with Gasteiger partial charge < -0.3 is 20.5 Å². The Hall–Kier alpha value is -2.90. The predicted octanol–water partition coefficient (Wildman–Crippen LogP) is 1.67. The van der Waals surface area contributed by atoms with Gasteiger partial charge in [-0.15, -0.1) is 0 Å². The van der Waals surface area contributed by atoms with Crippen molar-refractivity contribution in [1.29, 1.82) is 0 Å². The molecule has 0 aliphatic heterocycles. The summed E-state index contributed by atoms with van der Waals surface area (Å²) in [6.07, 6.45) is 0.0951. The summed E-state index contributed by atoms with van der Waals surface area (Å²) in [5.41, 5.74) is 0.333. The molecule has 3 N–H and O–H groups in total. The Morgan fingerprint density at radius 1 is 1.07 bits per heavy atom. The maximum absolute atomic E-state index is 12.2. The summed E-state index contributed by atoms with van der Waals surface area (Å²) in [4.78, 5) is 47.5. The molecule has 0 spiro atoms. The Bertz CT molecular complexity index is 712. The van der Waals surface area contributed by atoms with Gasteiger partial charge in [0, 0.05) is 18.9 Å². The number of carboxylic acids is 1. The van der Waals surface area contributed by atoms with E-state index in [2.05, 4.69) is 10.6 Å². The Balaban J connectivity index is 2.45. The molecule has 0 aromatic heterocycles. The third kappa shape index (κ3) is 10.3. The molecule has 0 aliphatic rings. The van der Waals surface area contributed by atoms with E-state index in [0.717, 1.165) is 5.56 Å². The number of esters is 1. The van der Waals surface area contributed by atoms with Gasteiger partial charge in [-0.3, -0.25) is 14.4 Å². The predicted molar refractivity (Wildman–Crippen MR) is 107 cm³/mol. The molecule has 0 saturated carbocycles. The van der Waals surface area contributed by atoms with Crippen LogP contribution in [0.4, 0.5) is 0 Å². The van der Waals surface area contributed by atoms with Crippen LogP contribution in [0, 0.1) is 5.92 Å². The molecule has 0 radical (unpaired) electrons. The Labute approximate surface area is 171 Å². The fraction of sp³-hybridized carbons (Fsp3) is 0.524. The molecule has 0 heterocycles. The minimum absolute atomic E-state index is 0.0839. The third-order valence-electron chi connectivity index (χ3n) is 3.92. The average molecular weight is 406 g/mol. The summed E-state index contributed by atoms with van der Waals surface area (Å²) < 4.78 is 5.09. The van der Waals surface area contributed by atoms with E-state index >= 15 is 0 Å². The summed E-state index contributed by atoms with van der Waals surface area (Å²) in [6.45, 7) is 6.96. The van der Waals surface area contributed by atoms with Crippen LogP contribution >= 0.6 is 0 Å². The lowest BCUT2D eigenvalue weighted by atomic mass is 10.1. The molecule has 0 aliphatic carbocycles. The number of carboxylic acid groups (broad SMARTS) is 1. The Kier molecular flexibility index (Phi) is 9.31. The van der Waals surface area contributed by atoms with Crippen molar-refractivity contribution in [3.63, 3.8) is 0 Å². The highest BCUT2D eigenvalue weighted by Crippen LogP contribution is 2.10. The highest BCUT2D eigenvalue weighted by molar-refractivity contribution is 5.90. The molecule has 1 rings (SSSR count). The van der Waals surface area contributed by atoms with Crippen molar-refractivity contribution in [2.75, 3.05) is 6.54 Å². The molecule has 160 valence electrons. The number of ether oxygens (including phenoxy) is 1. The minimum atomic E-state index is -1.42. The lowest BCUT2D eigenvalue weighted by Gasteiger charge is -2.22. The zero-order valence-corrected chi connectivity index (χ0v) is 17.4. The van der Waals surface area contributed by atoms with Gasteiger partial charge in [-0.05, 0) is 32.8 Å². The minimum Gasteiger partial charge on any atom is -0.480 e. The van der Waals surface area contributed by atoms with Crippen molar-refractivity contribution in [3.05, 3.63) is 35.9 Å². The maximum Gasteiger partial charge on any atom is 0.326 e. The standard InChI is InChI=1S/C21H30N2O6/c1-14(12-17(24)22-11-10-15-8-6-5-7-9-15)19(26)23-16(20(27)28)13-18(25)29-21(2,3)4/h5-9,14,16H,10-13H2,1-4H3,(H,22,24)(H,23,26)(H,27,28). The second kappa shape index (κ2) is 11.2. The molecule has 2 unspecified atom stereocenters. The van der Waals surface area contributed by atoms with Crippen LogP contribution in [0.2, 0.25) is 0 Å². The Morgan fingerprint density at radius 2 is 1.69 bits per heavy atom. The van der Waals surface area contributed by atoms with E-state index in [4.69, 9.17) is 4.74 Å². The van der Waals surface area contributed by atoms with Crippen LogP contribution in [0.15, 0.2) is 30.3 Å². The van der Waals surface area contributed by atoms with Gasteiger partial charge in [0.2, 0.25) is 11.8 Å². The zero-order valence-electron chi connectivity index (χ0n) is 17.4. The molecule has 2 atom stereocenters. The highest BCUT2D eigenvalue weighted by atomic mass is 16.6. The van der Waals surface area contributed by atoms with Gasteiger partial charge in [0.25, 0.3) is 0 Å². The topological polar surface area (TPSA) is 122 Å². The fourth-order valence-corrected chi connectivity index (χ4v) is 2.50. The maximum atomic E-state index is 12.2. The van der Waals surface area contributed by atoms with Gasteiger partial charge in [0.05, 0.1) is 6.42 Å². The number of carbonyl (C=O) groups excluding carboxylic acids is 3. The number of rotatable bonds is 10. The molecule has 29 heavy (non-hydrogen) atoms. The lowest BCUT2D eigenvalue weighted by molar-refractivity contribution is -0.158. The first-order valence-corrected chi connectivity index (χ1v) is 9.53. The number of carbonyl (C=O) groups is 4. The van der Waals surface area contributed by atoms with Crippen molar-refractivity contribution in [2.45, 2.75) is 58.6 Å². The van der Waals surface area contributed by atoms with E-state index in [1.165, 1.54) is 6.92 Å². The molecule has 1 aromatic carbocycles. The van der Waals surface area contributed by atoms with Gasteiger partial charge in [0.1, 0.15) is 11.6 Å². The highest BCUT2D eigenvalue weighted by Gasteiger charge is 2.28. The van der Waals surface area contributed by atoms with Crippen LogP contribution < -0.4 is 10.6 Å². The summed E-state index contributed by atoms with van der Waals surface area (Å²) >= 11 is 0. The monoisotopic (exact) mass is 406 g/mol. The van der Waals surface area contributed by atoms with Crippen LogP contribution in [-0.4, -0.2) is 47.0 Å². The van der Waals surface area contributed by atoms with E-state index in [-0.39, 0.29) is 12.3 Å². The van der Waals surface area contributed by atoms with Gasteiger partial charge in [-0.2, -0.15) is 0 Å². The van der Waals surface area contributed by atoms with Crippen molar-refractivity contribution in [3.8, 4) is 0 Å². The van der Waals surface area contributed by atoms with Gasteiger partial charge in [-0.25, -0.2) is 4.79 Å². The number of hydrogen-bond donors (Lipinski definition) is 3. The molecule has 1 aromatic rings. The SMILES string of the molecule is CC(CC(=O)NCCc1ccccc1)C(=O)NC(CC(=O)OC(C)(C)C)C(=O)O. The van der Waals surface area contributed by atoms with E-state index in [1.807, 2.05) is 30.3 Å². The average Bonchev–Trinajstić information content (AvgIpc) is 2.60. The van der Waals surface area contributed by atoms with Crippen LogP contribution in [-0.2, 0) is 30.3 Å². The quantitative estimate of drug-likeness (QED) is 0.508. The molecular weight excluding hydrogens is 376 g/mol. The normalized spacial score (nSPS) is 13.1. The molecule has 8 nitrogen and oxygen atoms in total. The second-order valence-electron chi connectivity index (χ2n) is 7.88. The number of aliphatic carboxylic acids is 1. The molecule has 2 amide bonds. The largest absolute Gasteiger partial charge is 0.480 e. The lowest BCUT2D eigenvalue weighted by Crippen LogP contribution is -2.45. The third-order valence-corrected chi connectivity index (χ3v) is 3.92. The molecule has 0 bridgehead atoms. The zero-order chi connectivity index (χ0) is 22.0. The number of benzene rings is 1. The summed E-state index contributed by atoms with van der Waals surface area (Å²) in [5, 5.41) is 14.3. The first-order chi connectivity index (χ1) is 13.5. The number of nitrogens with one attached hydrogen (secondary N) is 2. The molecule has 0 saturated heterocycles. The van der Waals surface area contributed by atoms with E-state index < -0.39 is 41.8 Å². The van der Waals surface area contributed by atoms with E-state index in [0.29, 0.717) is 13.0 Å². The van der Waals surface area contributed by atoms with E-state index in [1.54, 1.807) is 20.8 Å². The number of amides is 2. The number of hydrogen-bond acceptors (Lipinski definition) is 5. The van der Waals surface area contributed by atoms with Crippen LogP contribution in [0.5, 0.6) is 0 Å². The van der Waals surface area contributed by atoms with E-state index in [9.17, 15) is 24.3 Å². The molecular formula is C21H30N2O6.